The lowest BCUT2D eigenvalue weighted by molar-refractivity contribution is -0.133. The van der Waals surface area contributed by atoms with Crippen LogP contribution >= 0.6 is 0 Å². The Balaban J connectivity index is 1.53. The maximum atomic E-state index is 13.2. The molecule has 3 amide bonds. The summed E-state index contributed by atoms with van der Waals surface area (Å²) >= 11 is 0. The van der Waals surface area contributed by atoms with Crippen molar-refractivity contribution in [2.75, 3.05) is 31.1 Å². The highest BCUT2D eigenvalue weighted by atomic mass is 16.2. The highest BCUT2D eigenvalue weighted by Crippen LogP contribution is 2.17. The zero-order chi connectivity index (χ0) is 22.2. The van der Waals surface area contributed by atoms with Crippen LogP contribution in [0.4, 0.5) is 10.5 Å². The van der Waals surface area contributed by atoms with Crippen LogP contribution in [0.15, 0.2) is 54.6 Å². The fourth-order valence-corrected chi connectivity index (χ4v) is 3.83. The Kier molecular flexibility index (Phi) is 7.93. The van der Waals surface area contributed by atoms with E-state index in [4.69, 9.17) is 0 Å². The third kappa shape index (κ3) is 6.74. The Hall–Kier alpha value is -3.02. The Morgan fingerprint density at radius 2 is 1.58 bits per heavy atom. The van der Waals surface area contributed by atoms with E-state index in [1.807, 2.05) is 54.3 Å². The number of nitrogens with zero attached hydrogens (tertiary/aromatic N) is 2. The number of nitrogens with one attached hydrogen (secondary N) is 2. The number of piperazine rings is 1. The van der Waals surface area contributed by atoms with Gasteiger partial charge >= 0.3 is 6.03 Å². The number of carbonyl (C=O) groups excluding carboxylic acids is 2. The molecule has 0 spiro atoms. The van der Waals surface area contributed by atoms with Crippen LogP contribution in [0.1, 0.15) is 31.4 Å². The van der Waals surface area contributed by atoms with Crippen molar-refractivity contribution in [1.29, 1.82) is 0 Å². The van der Waals surface area contributed by atoms with E-state index in [9.17, 15) is 9.59 Å². The molecule has 2 aromatic rings. The third-order valence-electron chi connectivity index (χ3n) is 5.60. The van der Waals surface area contributed by atoms with Gasteiger partial charge in [-0.05, 0) is 37.0 Å². The van der Waals surface area contributed by atoms with Crippen LogP contribution in [0.5, 0.6) is 0 Å². The SMILES string of the molecule is Cc1ccc(CNC(=O)N[C@H](CC(C)C)C(=O)N2CCN(c3ccccc3)CC2)cc1. The summed E-state index contributed by atoms with van der Waals surface area (Å²) in [7, 11) is 0. The zero-order valence-electron chi connectivity index (χ0n) is 18.8. The minimum Gasteiger partial charge on any atom is -0.368 e. The number of hydrogen-bond donors (Lipinski definition) is 2. The first kappa shape index (κ1) is 22.7. The van der Waals surface area contributed by atoms with Crippen molar-refractivity contribution in [2.45, 2.75) is 39.8 Å². The molecule has 6 heteroatoms. The average Bonchev–Trinajstić information content (AvgIpc) is 2.78. The van der Waals surface area contributed by atoms with Crippen LogP contribution in [0.25, 0.3) is 0 Å². The zero-order valence-corrected chi connectivity index (χ0v) is 18.8. The lowest BCUT2D eigenvalue weighted by atomic mass is 10.0. The Morgan fingerprint density at radius 3 is 2.19 bits per heavy atom. The summed E-state index contributed by atoms with van der Waals surface area (Å²) in [5.74, 6) is 0.309. The van der Waals surface area contributed by atoms with E-state index in [1.54, 1.807) is 0 Å². The fourth-order valence-electron chi connectivity index (χ4n) is 3.83. The predicted molar refractivity (Wildman–Crippen MR) is 125 cm³/mol. The van der Waals surface area contributed by atoms with Crippen molar-refractivity contribution >= 4 is 17.6 Å². The molecule has 1 aliphatic rings. The lowest BCUT2D eigenvalue weighted by Crippen LogP contribution is -2.56. The molecule has 2 N–H and O–H groups in total. The summed E-state index contributed by atoms with van der Waals surface area (Å²) in [6.45, 7) is 9.52. The van der Waals surface area contributed by atoms with Gasteiger partial charge in [0.25, 0.3) is 0 Å². The molecule has 0 saturated carbocycles. The standard InChI is InChI=1S/C25H34N4O2/c1-19(2)17-23(27-25(31)26-18-21-11-9-20(3)10-12-21)24(30)29-15-13-28(14-16-29)22-7-5-4-6-8-22/h4-12,19,23H,13-18H2,1-3H3,(H2,26,27,31)/t23-/m1/s1. The Morgan fingerprint density at radius 1 is 0.935 bits per heavy atom. The third-order valence-corrected chi connectivity index (χ3v) is 5.60. The molecule has 31 heavy (non-hydrogen) atoms. The molecule has 0 bridgehead atoms. The summed E-state index contributed by atoms with van der Waals surface area (Å²) in [4.78, 5) is 29.9. The summed E-state index contributed by atoms with van der Waals surface area (Å²) in [6.07, 6.45) is 0.621. The van der Waals surface area contributed by atoms with Crippen molar-refractivity contribution in [3.05, 3.63) is 65.7 Å². The quantitative estimate of drug-likeness (QED) is 0.717. The largest absolute Gasteiger partial charge is 0.368 e. The molecule has 0 radical (unpaired) electrons. The minimum absolute atomic E-state index is 0.00639. The van der Waals surface area contributed by atoms with Crippen LogP contribution < -0.4 is 15.5 Å². The summed E-state index contributed by atoms with van der Waals surface area (Å²) in [5.41, 5.74) is 3.40. The van der Waals surface area contributed by atoms with E-state index < -0.39 is 6.04 Å². The van der Waals surface area contributed by atoms with Gasteiger partial charge in [-0.2, -0.15) is 0 Å². The smallest absolute Gasteiger partial charge is 0.315 e. The van der Waals surface area contributed by atoms with Crippen molar-refractivity contribution in [3.63, 3.8) is 0 Å². The number of benzene rings is 2. The number of anilines is 1. The highest BCUT2D eigenvalue weighted by molar-refractivity contribution is 5.87. The maximum absolute atomic E-state index is 13.2. The van der Waals surface area contributed by atoms with Crippen molar-refractivity contribution < 1.29 is 9.59 Å². The second-order valence-corrected chi connectivity index (χ2v) is 8.64. The Bertz CT molecular complexity index is 844. The molecule has 2 aromatic carbocycles. The second kappa shape index (κ2) is 10.8. The van der Waals surface area contributed by atoms with Gasteiger partial charge in [-0.1, -0.05) is 61.9 Å². The number of para-hydroxylation sites is 1. The lowest BCUT2D eigenvalue weighted by Gasteiger charge is -2.38. The van der Waals surface area contributed by atoms with Crippen molar-refractivity contribution in [2.24, 2.45) is 5.92 Å². The summed E-state index contributed by atoms with van der Waals surface area (Å²) in [5, 5.41) is 5.79. The molecular formula is C25H34N4O2. The topological polar surface area (TPSA) is 64.7 Å². The molecule has 1 heterocycles. The van der Waals surface area contributed by atoms with E-state index in [0.717, 1.165) is 18.7 Å². The maximum Gasteiger partial charge on any atom is 0.315 e. The number of rotatable bonds is 7. The van der Waals surface area contributed by atoms with E-state index in [2.05, 4.69) is 41.5 Å². The van der Waals surface area contributed by atoms with Gasteiger partial charge in [0, 0.05) is 38.4 Å². The summed E-state index contributed by atoms with van der Waals surface area (Å²) in [6, 6.07) is 17.5. The van der Waals surface area contributed by atoms with Gasteiger partial charge in [-0.15, -0.1) is 0 Å². The summed E-state index contributed by atoms with van der Waals surface area (Å²) < 4.78 is 0. The molecule has 3 rings (SSSR count). The first-order chi connectivity index (χ1) is 14.9. The number of hydrogen-bond acceptors (Lipinski definition) is 3. The Labute approximate surface area is 185 Å². The molecule has 0 aliphatic carbocycles. The monoisotopic (exact) mass is 422 g/mol. The minimum atomic E-state index is -0.513. The van der Waals surface area contributed by atoms with Crippen LogP contribution in [-0.4, -0.2) is 49.1 Å². The predicted octanol–water partition coefficient (Wildman–Crippen LogP) is 3.56. The van der Waals surface area contributed by atoms with Crippen molar-refractivity contribution in [1.82, 2.24) is 15.5 Å². The molecule has 1 fully saturated rings. The van der Waals surface area contributed by atoms with Crippen LogP contribution in [-0.2, 0) is 11.3 Å². The van der Waals surface area contributed by atoms with Crippen LogP contribution in [0.3, 0.4) is 0 Å². The highest BCUT2D eigenvalue weighted by Gasteiger charge is 2.29. The van der Waals surface area contributed by atoms with Gasteiger partial charge in [0.05, 0.1) is 0 Å². The first-order valence-corrected chi connectivity index (χ1v) is 11.1. The number of amides is 3. The number of urea groups is 1. The molecular weight excluding hydrogens is 388 g/mol. The molecule has 1 saturated heterocycles. The molecule has 0 unspecified atom stereocenters. The normalized spacial score (nSPS) is 15.0. The van der Waals surface area contributed by atoms with Gasteiger partial charge in [-0.25, -0.2) is 4.79 Å². The van der Waals surface area contributed by atoms with Gasteiger partial charge in [0.1, 0.15) is 6.04 Å². The van der Waals surface area contributed by atoms with Crippen LogP contribution in [0, 0.1) is 12.8 Å². The van der Waals surface area contributed by atoms with E-state index in [1.165, 1.54) is 11.3 Å². The van der Waals surface area contributed by atoms with E-state index >= 15 is 0 Å². The number of carbonyl (C=O) groups is 2. The molecule has 6 nitrogen and oxygen atoms in total. The first-order valence-electron chi connectivity index (χ1n) is 11.1. The van der Waals surface area contributed by atoms with Crippen LogP contribution in [0.2, 0.25) is 0 Å². The number of aryl methyl sites for hydroxylation is 1. The van der Waals surface area contributed by atoms with E-state index in [-0.39, 0.29) is 11.9 Å². The molecule has 1 aliphatic heterocycles. The van der Waals surface area contributed by atoms with Gasteiger partial charge in [-0.3, -0.25) is 4.79 Å². The van der Waals surface area contributed by atoms with Gasteiger partial charge in [0.2, 0.25) is 5.91 Å². The van der Waals surface area contributed by atoms with Crippen molar-refractivity contribution in [3.8, 4) is 0 Å². The van der Waals surface area contributed by atoms with E-state index in [0.29, 0.717) is 32.0 Å². The molecule has 0 aromatic heterocycles. The van der Waals surface area contributed by atoms with Gasteiger partial charge < -0.3 is 20.4 Å². The second-order valence-electron chi connectivity index (χ2n) is 8.64. The molecule has 166 valence electrons. The average molecular weight is 423 g/mol. The fraction of sp³-hybridized carbons (Fsp3) is 0.440. The van der Waals surface area contributed by atoms with Gasteiger partial charge in [0.15, 0.2) is 0 Å². The molecule has 1 atom stereocenters.